The van der Waals surface area contributed by atoms with Crippen molar-refractivity contribution in [2.75, 3.05) is 13.1 Å². The van der Waals surface area contributed by atoms with Crippen LogP contribution in [0.25, 0.3) is 0 Å². The number of fused-ring (bicyclic) bond motifs is 1. The van der Waals surface area contributed by atoms with Gasteiger partial charge in [0.2, 0.25) is 11.8 Å². The Morgan fingerprint density at radius 1 is 0.825 bits per heavy atom. The molecule has 1 aliphatic carbocycles. The first kappa shape index (κ1) is 26.6. The molecule has 212 valence electrons. The summed E-state index contributed by atoms with van der Waals surface area (Å²) in [5.41, 5.74) is 2.18. The van der Waals surface area contributed by atoms with Gasteiger partial charge in [-0.3, -0.25) is 19.3 Å². The summed E-state index contributed by atoms with van der Waals surface area (Å²) in [5.74, 6) is -0.389. The second kappa shape index (κ2) is 10.4. The van der Waals surface area contributed by atoms with Crippen molar-refractivity contribution >= 4 is 17.7 Å². The Bertz CT molecular complexity index is 1290. The molecule has 11 heteroatoms. The molecule has 2 aromatic rings. The predicted octanol–water partition coefficient (Wildman–Crippen LogP) is 4.78. The number of amides is 3. The van der Waals surface area contributed by atoms with Gasteiger partial charge < -0.3 is 9.47 Å². The first-order valence-electron chi connectivity index (χ1n) is 13.7. The number of likely N-dealkylation sites (tertiary alicyclic amines) is 1. The van der Waals surface area contributed by atoms with E-state index in [0.717, 1.165) is 54.9 Å². The largest absolute Gasteiger partial charge is 0.573 e. The van der Waals surface area contributed by atoms with Crippen LogP contribution in [0, 0.1) is 0 Å². The molecule has 0 bridgehead atoms. The van der Waals surface area contributed by atoms with Crippen molar-refractivity contribution in [2.24, 2.45) is 0 Å². The van der Waals surface area contributed by atoms with Gasteiger partial charge in [-0.25, -0.2) is 5.01 Å². The Hall–Kier alpha value is -3.60. The molecule has 1 saturated carbocycles. The first-order chi connectivity index (χ1) is 19.2. The van der Waals surface area contributed by atoms with Gasteiger partial charge in [0.05, 0.1) is 6.54 Å². The summed E-state index contributed by atoms with van der Waals surface area (Å²) in [4.78, 5) is 40.1. The minimum Gasteiger partial charge on any atom is -0.489 e. The van der Waals surface area contributed by atoms with Crippen molar-refractivity contribution in [1.82, 2.24) is 14.9 Å². The Morgan fingerprint density at radius 3 is 2.20 bits per heavy atom. The van der Waals surface area contributed by atoms with E-state index in [0.29, 0.717) is 17.7 Å². The van der Waals surface area contributed by atoms with E-state index in [1.165, 1.54) is 17.1 Å². The minimum absolute atomic E-state index is 0.0335. The number of carbonyl (C=O) groups is 3. The number of hydrogen-bond acceptors (Lipinski definition) is 6. The number of alkyl halides is 3. The predicted molar refractivity (Wildman–Crippen MR) is 136 cm³/mol. The third kappa shape index (κ3) is 5.26. The molecule has 2 atom stereocenters. The SMILES string of the molecule is O=C1c2ccc(O[C@@H]3CCCC[C@@H]3N3CC(c4ccc(OC(F)(F)F)cc4)C3)cc2CN1N1C(=O)CCCC1=O. The molecule has 3 heterocycles. The quantitative estimate of drug-likeness (QED) is 0.476. The van der Waals surface area contributed by atoms with Crippen molar-refractivity contribution < 1.29 is 37.0 Å². The number of nitrogens with zero attached hydrogens (tertiary/aromatic N) is 3. The molecule has 0 spiro atoms. The van der Waals surface area contributed by atoms with Crippen LogP contribution in [0.5, 0.6) is 11.5 Å². The van der Waals surface area contributed by atoms with Gasteiger partial charge in [0.15, 0.2) is 0 Å². The average molecular weight is 558 g/mol. The Kier molecular flexibility index (Phi) is 6.93. The van der Waals surface area contributed by atoms with Crippen molar-refractivity contribution in [1.29, 1.82) is 0 Å². The molecule has 0 N–H and O–H groups in total. The van der Waals surface area contributed by atoms with Gasteiger partial charge >= 0.3 is 6.36 Å². The molecule has 3 aliphatic heterocycles. The normalized spacial score (nSPS) is 24.2. The van der Waals surface area contributed by atoms with Gasteiger partial charge in [-0.2, -0.15) is 5.01 Å². The van der Waals surface area contributed by atoms with E-state index in [2.05, 4.69) is 9.64 Å². The summed E-state index contributed by atoms with van der Waals surface area (Å²) in [6, 6.07) is 11.6. The number of carbonyl (C=O) groups excluding carboxylic acids is 3. The van der Waals surface area contributed by atoms with Crippen LogP contribution in [0.15, 0.2) is 42.5 Å². The Labute approximate surface area is 229 Å². The molecule has 3 fully saturated rings. The lowest BCUT2D eigenvalue weighted by molar-refractivity contribution is -0.274. The Morgan fingerprint density at radius 2 is 1.50 bits per heavy atom. The molecule has 0 aromatic heterocycles. The number of hydrazine groups is 1. The standard InChI is InChI=1S/C29H30F3N3O5/c30-29(31,32)40-21-10-8-18(9-11-21)20-15-33(16-20)24-4-1-2-5-25(24)39-22-12-13-23-19(14-22)17-34(28(23)38)35-26(36)6-3-7-27(35)37/h8-14,20,24-25H,1-7,15-17H2/t24-,25+/m0/s1. The molecule has 2 saturated heterocycles. The number of benzene rings is 2. The van der Waals surface area contributed by atoms with Gasteiger partial charge in [-0.1, -0.05) is 18.6 Å². The van der Waals surface area contributed by atoms with Gasteiger partial charge in [0.25, 0.3) is 5.91 Å². The van der Waals surface area contributed by atoms with Gasteiger partial charge in [0, 0.05) is 43.5 Å². The fourth-order valence-corrected chi connectivity index (χ4v) is 6.27. The number of rotatable bonds is 6. The maximum absolute atomic E-state index is 13.0. The summed E-state index contributed by atoms with van der Waals surface area (Å²) in [7, 11) is 0. The molecule has 2 aromatic carbocycles. The summed E-state index contributed by atoms with van der Waals surface area (Å²) >= 11 is 0. The molecule has 8 nitrogen and oxygen atoms in total. The summed E-state index contributed by atoms with van der Waals surface area (Å²) in [6.07, 6.45) is 0.302. The van der Waals surface area contributed by atoms with Crippen molar-refractivity contribution in [3.8, 4) is 11.5 Å². The van der Waals surface area contributed by atoms with Crippen LogP contribution in [0.2, 0.25) is 0 Å². The van der Waals surface area contributed by atoms with Crippen molar-refractivity contribution in [3.63, 3.8) is 0 Å². The fraction of sp³-hybridized carbons (Fsp3) is 0.483. The van der Waals surface area contributed by atoms with Crippen LogP contribution in [-0.2, 0) is 16.1 Å². The second-order valence-electron chi connectivity index (χ2n) is 10.9. The van der Waals surface area contributed by atoms with Crippen LogP contribution in [-0.4, -0.2) is 64.2 Å². The smallest absolute Gasteiger partial charge is 0.489 e. The number of halogens is 3. The summed E-state index contributed by atoms with van der Waals surface area (Å²) in [6.45, 7) is 1.75. The summed E-state index contributed by atoms with van der Waals surface area (Å²) in [5, 5.41) is 2.24. The number of imide groups is 1. The van der Waals surface area contributed by atoms with E-state index in [9.17, 15) is 27.6 Å². The molecule has 0 radical (unpaired) electrons. The number of ether oxygens (including phenoxy) is 2. The van der Waals surface area contributed by atoms with Gasteiger partial charge in [-0.15, -0.1) is 13.2 Å². The lowest BCUT2D eigenvalue weighted by atomic mass is 9.84. The van der Waals surface area contributed by atoms with Crippen molar-refractivity contribution in [2.45, 2.75) is 75.9 Å². The minimum atomic E-state index is -4.70. The average Bonchev–Trinajstić information content (AvgIpc) is 3.19. The second-order valence-corrected chi connectivity index (χ2v) is 10.9. The molecular formula is C29H30F3N3O5. The molecule has 6 rings (SSSR count). The molecule has 3 amide bonds. The van der Waals surface area contributed by atoms with E-state index in [4.69, 9.17) is 4.74 Å². The van der Waals surface area contributed by atoms with Gasteiger partial charge in [-0.05, 0) is 67.1 Å². The zero-order chi connectivity index (χ0) is 28.0. The van der Waals surface area contributed by atoms with Crippen LogP contribution in [0.3, 0.4) is 0 Å². The third-order valence-corrected chi connectivity index (χ3v) is 8.28. The van der Waals surface area contributed by atoms with Crippen LogP contribution in [0.1, 0.15) is 72.3 Å². The highest BCUT2D eigenvalue weighted by atomic mass is 19.4. The lowest BCUT2D eigenvalue weighted by Gasteiger charge is -2.48. The zero-order valence-electron chi connectivity index (χ0n) is 21.9. The topological polar surface area (TPSA) is 79.4 Å². The van der Waals surface area contributed by atoms with E-state index in [1.54, 1.807) is 24.3 Å². The molecular weight excluding hydrogens is 527 g/mol. The number of piperidine rings is 1. The molecule has 0 unspecified atom stereocenters. The highest BCUT2D eigenvalue weighted by Gasteiger charge is 2.41. The van der Waals surface area contributed by atoms with E-state index in [-0.39, 0.29) is 60.9 Å². The highest BCUT2D eigenvalue weighted by Crippen LogP contribution is 2.37. The third-order valence-electron chi connectivity index (χ3n) is 8.28. The molecule has 40 heavy (non-hydrogen) atoms. The first-order valence-corrected chi connectivity index (χ1v) is 13.7. The summed E-state index contributed by atoms with van der Waals surface area (Å²) < 4.78 is 47.8. The molecule has 4 aliphatic rings. The maximum atomic E-state index is 13.0. The maximum Gasteiger partial charge on any atom is 0.573 e. The van der Waals surface area contributed by atoms with Gasteiger partial charge in [0.1, 0.15) is 17.6 Å². The van der Waals surface area contributed by atoms with Crippen LogP contribution < -0.4 is 9.47 Å². The monoisotopic (exact) mass is 557 g/mol. The number of hydrogen-bond donors (Lipinski definition) is 0. The van der Waals surface area contributed by atoms with E-state index < -0.39 is 6.36 Å². The van der Waals surface area contributed by atoms with Crippen LogP contribution >= 0.6 is 0 Å². The Balaban J connectivity index is 1.09. The zero-order valence-corrected chi connectivity index (χ0v) is 21.9. The lowest BCUT2D eigenvalue weighted by Crippen LogP contribution is -2.57. The van der Waals surface area contributed by atoms with Crippen molar-refractivity contribution in [3.05, 3.63) is 59.2 Å². The fourth-order valence-electron chi connectivity index (χ4n) is 6.27. The van der Waals surface area contributed by atoms with E-state index in [1.807, 2.05) is 6.07 Å². The van der Waals surface area contributed by atoms with Crippen LogP contribution in [0.4, 0.5) is 13.2 Å². The van der Waals surface area contributed by atoms with E-state index >= 15 is 0 Å². The highest BCUT2D eigenvalue weighted by molar-refractivity contribution is 6.04.